The maximum atomic E-state index is 5.66. The molecule has 1 nitrogen and oxygen atoms in total. The van der Waals surface area contributed by atoms with Gasteiger partial charge in [-0.1, -0.05) is 40.9 Å². The molecule has 1 rings (SSSR count). The van der Waals surface area contributed by atoms with E-state index in [9.17, 15) is 0 Å². The number of aryl methyl sites for hydroxylation is 1. The molecule has 0 bridgehead atoms. The molecule has 1 aromatic rings. The number of hydrogen-bond acceptors (Lipinski definition) is 1. The zero-order valence-corrected chi connectivity index (χ0v) is 15.3. The van der Waals surface area contributed by atoms with Crippen molar-refractivity contribution in [2.45, 2.75) is 44.9 Å². The average molecular weight is 439 g/mol. The summed E-state index contributed by atoms with van der Waals surface area (Å²) in [6.45, 7) is 1.86. The van der Waals surface area contributed by atoms with Crippen LogP contribution in [0.25, 0.3) is 0 Å². The number of unbranched alkanes of at least 4 members (excludes halogenated alkanes) is 4. The lowest BCUT2D eigenvalue weighted by molar-refractivity contribution is 0.126. The molecule has 19 heavy (non-hydrogen) atoms. The molecule has 0 unspecified atom stereocenters. The van der Waals surface area contributed by atoms with Crippen LogP contribution in [-0.4, -0.2) is 18.5 Å². The molecule has 0 fully saturated rings. The second kappa shape index (κ2) is 12.2. The van der Waals surface area contributed by atoms with Gasteiger partial charge in [0.1, 0.15) is 0 Å². The molecule has 0 aliphatic rings. The van der Waals surface area contributed by atoms with Crippen molar-refractivity contribution in [1.29, 1.82) is 0 Å². The van der Waals surface area contributed by atoms with Gasteiger partial charge >= 0.3 is 0 Å². The number of benzene rings is 1. The Balaban J connectivity index is 1.89. The van der Waals surface area contributed by atoms with E-state index in [2.05, 4.69) is 62.8 Å². The molecule has 0 aromatic heterocycles. The first kappa shape index (κ1) is 17.4. The van der Waals surface area contributed by atoms with Crippen LogP contribution in [0.4, 0.5) is 0 Å². The van der Waals surface area contributed by atoms with Crippen molar-refractivity contribution in [3.8, 4) is 0 Å². The maximum Gasteiger partial charge on any atom is 0.0466 e. The molecule has 0 N–H and O–H groups in total. The molecular weight excluding hydrogens is 415 g/mol. The third kappa shape index (κ3) is 9.85. The molecule has 0 aliphatic heterocycles. The van der Waals surface area contributed by atoms with Crippen LogP contribution in [0.3, 0.4) is 0 Å². The molecule has 0 saturated heterocycles. The third-order valence-electron chi connectivity index (χ3n) is 3.07. The highest BCUT2D eigenvalue weighted by Gasteiger charge is 1.95. The van der Waals surface area contributed by atoms with Gasteiger partial charge in [0.2, 0.25) is 0 Å². The minimum atomic E-state index is 0.919. The van der Waals surface area contributed by atoms with E-state index in [-0.39, 0.29) is 0 Å². The summed E-state index contributed by atoms with van der Waals surface area (Å²) in [6, 6.07) is 8.77. The topological polar surface area (TPSA) is 9.23 Å². The summed E-state index contributed by atoms with van der Waals surface area (Å²) in [6.07, 6.45) is 8.69. The zero-order chi connectivity index (χ0) is 13.8. The Labute approximate surface area is 139 Å². The second-order valence-corrected chi connectivity index (χ2v) is 6.84. The van der Waals surface area contributed by atoms with Crippen molar-refractivity contribution in [2.24, 2.45) is 0 Å². The summed E-state index contributed by atoms with van der Waals surface area (Å²) >= 11 is 5.82. The van der Waals surface area contributed by atoms with Crippen LogP contribution in [0.2, 0.25) is 0 Å². The van der Waals surface area contributed by atoms with E-state index in [0.717, 1.165) is 18.5 Å². The maximum absolute atomic E-state index is 5.66. The predicted molar refractivity (Wildman–Crippen MR) is 95.2 cm³/mol. The average Bonchev–Trinajstić information content (AvgIpc) is 2.41. The Bertz CT molecular complexity index is 330. The van der Waals surface area contributed by atoms with E-state index < -0.39 is 0 Å². The lowest BCUT2D eigenvalue weighted by atomic mass is 10.1. The Morgan fingerprint density at radius 2 is 1.68 bits per heavy atom. The van der Waals surface area contributed by atoms with Crippen LogP contribution in [0.15, 0.2) is 24.3 Å². The molecular formula is C16H24BrIO. The standard InChI is InChI=1S/C16H24BrIO/c17-11-4-1-2-5-12-19-13-6-3-8-15-9-7-10-16(18)14-15/h7,9-10,14H,1-6,8,11-13H2. The molecule has 0 radical (unpaired) electrons. The van der Waals surface area contributed by atoms with Gasteiger partial charge in [-0.3, -0.25) is 0 Å². The fraction of sp³-hybridized carbons (Fsp3) is 0.625. The highest BCUT2D eigenvalue weighted by Crippen LogP contribution is 2.10. The van der Waals surface area contributed by atoms with Crippen LogP contribution in [0.1, 0.15) is 44.1 Å². The number of ether oxygens (including phenoxy) is 1. The van der Waals surface area contributed by atoms with E-state index in [4.69, 9.17) is 4.74 Å². The van der Waals surface area contributed by atoms with Gasteiger partial charge in [0.25, 0.3) is 0 Å². The zero-order valence-electron chi connectivity index (χ0n) is 11.5. The van der Waals surface area contributed by atoms with E-state index in [1.54, 1.807) is 0 Å². The fourth-order valence-corrected chi connectivity index (χ4v) is 2.98. The Kier molecular flexibility index (Phi) is 11.2. The van der Waals surface area contributed by atoms with Gasteiger partial charge in [-0.25, -0.2) is 0 Å². The van der Waals surface area contributed by atoms with Crippen molar-refractivity contribution in [3.63, 3.8) is 0 Å². The highest BCUT2D eigenvalue weighted by atomic mass is 127. The first-order valence-electron chi connectivity index (χ1n) is 7.21. The largest absolute Gasteiger partial charge is 0.381 e. The molecule has 1 aromatic carbocycles. The minimum absolute atomic E-state index is 0.919. The SMILES string of the molecule is BrCCCCCCOCCCCc1cccc(I)c1. The smallest absolute Gasteiger partial charge is 0.0466 e. The summed E-state index contributed by atoms with van der Waals surface area (Å²) in [5.41, 5.74) is 1.45. The molecule has 0 spiro atoms. The number of alkyl halides is 1. The molecule has 108 valence electrons. The van der Waals surface area contributed by atoms with Crippen molar-refractivity contribution >= 4 is 38.5 Å². The summed E-state index contributed by atoms with van der Waals surface area (Å²) < 4.78 is 6.99. The molecule has 3 heteroatoms. The van der Waals surface area contributed by atoms with Crippen LogP contribution in [-0.2, 0) is 11.2 Å². The molecule has 0 saturated carbocycles. The summed E-state index contributed by atoms with van der Waals surface area (Å²) in [5.74, 6) is 0. The van der Waals surface area contributed by atoms with E-state index >= 15 is 0 Å². The van der Waals surface area contributed by atoms with Crippen LogP contribution in [0.5, 0.6) is 0 Å². The van der Waals surface area contributed by atoms with Crippen molar-refractivity contribution < 1.29 is 4.74 Å². The minimum Gasteiger partial charge on any atom is -0.381 e. The van der Waals surface area contributed by atoms with E-state index in [0.29, 0.717) is 0 Å². The molecule has 0 heterocycles. The van der Waals surface area contributed by atoms with Crippen molar-refractivity contribution in [1.82, 2.24) is 0 Å². The molecule has 0 amide bonds. The third-order valence-corrected chi connectivity index (χ3v) is 4.30. The summed E-state index contributed by atoms with van der Waals surface area (Å²) in [4.78, 5) is 0. The van der Waals surface area contributed by atoms with Gasteiger partial charge in [-0.15, -0.1) is 0 Å². The first-order chi connectivity index (χ1) is 9.33. The van der Waals surface area contributed by atoms with Gasteiger partial charge in [-0.2, -0.15) is 0 Å². The highest BCUT2D eigenvalue weighted by molar-refractivity contribution is 14.1. The van der Waals surface area contributed by atoms with Crippen LogP contribution >= 0.6 is 38.5 Å². The Morgan fingerprint density at radius 3 is 2.42 bits per heavy atom. The monoisotopic (exact) mass is 438 g/mol. The fourth-order valence-electron chi connectivity index (χ4n) is 1.98. The van der Waals surface area contributed by atoms with Gasteiger partial charge in [-0.05, 0) is 72.4 Å². The first-order valence-corrected chi connectivity index (χ1v) is 9.41. The Hall–Kier alpha value is 0.390. The second-order valence-electron chi connectivity index (χ2n) is 4.80. The predicted octanol–water partition coefficient (Wildman–Crippen LogP) is 5.59. The summed E-state index contributed by atoms with van der Waals surface area (Å²) in [5, 5.41) is 1.13. The lowest BCUT2D eigenvalue weighted by Gasteiger charge is -2.05. The molecule has 0 aliphatic carbocycles. The number of rotatable bonds is 11. The van der Waals surface area contributed by atoms with E-state index in [1.807, 2.05) is 0 Å². The Morgan fingerprint density at radius 1 is 0.947 bits per heavy atom. The van der Waals surface area contributed by atoms with Gasteiger partial charge in [0.15, 0.2) is 0 Å². The van der Waals surface area contributed by atoms with Crippen LogP contribution < -0.4 is 0 Å². The van der Waals surface area contributed by atoms with Gasteiger partial charge < -0.3 is 4.74 Å². The normalized spacial score (nSPS) is 10.8. The lowest BCUT2D eigenvalue weighted by Crippen LogP contribution is -1.98. The molecule has 0 atom stereocenters. The number of halogens is 2. The van der Waals surface area contributed by atoms with E-state index in [1.165, 1.54) is 54.1 Å². The van der Waals surface area contributed by atoms with Gasteiger partial charge in [0, 0.05) is 22.1 Å². The van der Waals surface area contributed by atoms with Crippen LogP contribution in [0, 0.1) is 3.57 Å². The quantitative estimate of drug-likeness (QED) is 0.248. The van der Waals surface area contributed by atoms with Crippen molar-refractivity contribution in [3.05, 3.63) is 33.4 Å². The van der Waals surface area contributed by atoms with Crippen molar-refractivity contribution in [2.75, 3.05) is 18.5 Å². The number of hydrogen-bond donors (Lipinski definition) is 0. The van der Waals surface area contributed by atoms with Gasteiger partial charge in [0.05, 0.1) is 0 Å². The summed E-state index contributed by atoms with van der Waals surface area (Å²) in [7, 11) is 0.